The van der Waals surface area contributed by atoms with Crippen LogP contribution in [0.25, 0.3) is 0 Å². The topological polar surface area (TPSA) is 108 Å². The monoisotopic (exact) mass is 324 g/mol. The highest BCUT2D eigenvalue weighted by molar-refractivity contribution is 5.90. The third kappa shape index (κ3) is 7.01. The molecule has 1 rings (SSSR count). The second-order valence-electron chi connectivity index (χ2n) is 5.94. The molecule has 7 heteroatoms. The van der Waals surface area contributed by atoms with E-state index in [1.807, 2.05) is 0 Å². The Labute approximate surface area is 135 Å². The SMILES string of the molecule is CC(C)CCOc1ccc(NC(=O)NCC(C)(O)C(=O)O)cc1. The fourth-order valence-electron chi connectivity index (χ4n) is 1.55. The van der Waals surface area contributed by atoms with Crippen molar-refractivity contribution in [3.05, 3.63) is 24.3 Å². The number of benzene rings is 1. The molecule has 4 N–H and O–H groups in total. The van der Waals surface area contributed by atoms with Crippen LogP contribution >= 0.6 is 0 Å². The molecule has 1 atom stereocenters. The summed E-state index contributed by atoms with van der Waals surface area (Å²) >= 11 is 0. The highest BCUT2D eigenvalue weighted by Crippen LogP contribution is 2.16. The van der Waals surface area contributed by atoms with E-state index in [-0.39, 0.29) is 0 Å². The van der Waals surface area contributed by atoms with Crippen molar-refractivity contribution in [2.24, 2.45) is 5.92 Å². The number of urea groups is 1. The molecule has 7 nitrogen and oxygen atoms in total. The number of hydrogen-bond donors (Lipinski definition) is 4. The predicted octanol–water partition coefficient (Wildman–Crippen LogP) is 2.07. The van der Waals surface area contributed by atoms with E-state index in [2.05, 4.69) is 24.5 Å². The van der Waals surface area contributed by atoms with E-state index in [0.29, 0.717) is 24.0 Å². The van der Waals surface area contributed by atoms with Gasteiger partial charge in [-0.3, -0.25) is 0 Å². The van der Waals surface area contributed by atoms with Crippen LogP contribution in [0.3, 0.4) is 0 Å². The van der Waals surface area contributed by atoms with Crippen LogP contribution in [-0.4, -0.2) is 41.0 Å². The maximum atomic E-state index is 11.7. The van der Waals surface area contributed by atoms with Crippen molar-refractivity contribution in [1.29, 1.82) is 0 Å². The van der Waals surface area contributed by atoms with Crippen LogP contribution < -0.4 is 15.4 Å². The summed E-state index contributed by atoms with van der Waals surface area (Å²) in [4.78, 5) is 22.4. The Balaban J connectivity index is 2.42. The fraction of sp³-hybridized carbons (Fsp3) is 0.500. The number of hydrogen-bond acceptors (Lipinski definition) is 4. The summed E-state index contributed by atoms with van der Waals surface area (Å²) in [6.45, 7) is 5.59. The van der Waals surface area contributed by atoms with Crippen LogP contribution in [0.1, 0.15) is 27.2 Å². The first-order chi connectivity index (χ1) is 10.7. The number of aliphatic carboxylic acids is 1. The van der Waals surface area contributed by atoms with E-state index >= 15 is 0 Å². The van der Waals surface area contributed by atoms with Gasteiger partial charge in [-0.15, -0.1) is 0 Å². The van der Waals surface area contributed by atoms with Crippen LogP contribution in [0.2, 0.25) is 0 Å². The first-order valence-corrected chi connectivity index (χ1v) is 7.44. The molecule has 128 valence electrons. The van der Waals surface area contributed by atoms with Gasteiger partial charge in [0, 0.05) is 5.69 Å². The first-order valence-electron chi connectivity index (χ1n) is 7.44. The standard InChI is InChI=1S/C16H24N2O5/c1-11(2)8-9-23-13-6-4-12(5-7-13)18-15(21)17-10-16(3,22)14(19)20/h4-7,11,22H,8-10H2,1-3H3,(H,19,20)(H2,17,18,21). The van der Waals surface area contributed by atoms with E-state index in [1.54, 1.807) is 24.3 Å². The number of carboxylic acid groups (broad SMARTS) is 1. The average molecular weight is 324 g/mol. The molecule has 0 spiro atoms. The number of aliphatic hydroxyl groups is 1. The third-order valence-corrected chi connectivity index (χ3v) is 3.13. The number of carboxylic acids is 1. The minimum Gasteiger partial charge on any atom is -0.494 e. The molecule has 0 aliphatic carbocycles. The summed E-state index contributed by atoms with van der Waals surface area (Å²) in [6, 6.07) is 6.24. The zero-order valence-electron chi connectivity index (χ0n) is 13.6. The molecule has 0 saturated heterocycles. The second kappa shape index (κ2) is 8.38. The number of anilines is 1. The highest BCUT2D eigenvalue weighted by atomic mass is 16.5. The van der Waals surface area contributed by atoms with Gasteiger partial charge >= 0.3 is 12.0 Å². The number of carbonyl (C=O) groups excluding carboxylic acids is 1. The molecule has 1 aromatic carbocycles. The zero-order chi connectivity index (χ0) is 17.5. The summed E-state index contributed by atoms with van der Waals surface area (Å²) in [5.74, 6) is -0.117. The fourth-order valence-corrected chi connectivity index (χ4v) is 1.55. The molecule has 2 amide bonds. The second-order valence-corrected chi connectivity index (χ2v) is 5.94. The molecule has 0 aliphatic rings. The smallest absolute Gasteiger partial charge is 0.337 e. The molecule has 1 aromatic rings. The number of rotatable bonds is 8. The van der Waals surface area contributed by atoms with E-state index in [4.69, 9.17) is 9.84 Å². The number of nitrogens with one attached hydrogen (secondary N) is 2. The van der Waals surface area contributed by atoms with Crippen molar-refractivity contribution in [2.75, 3.05) is 18.5 Å². The number of ether oxygens (including phenoxy) is 1. The van der Waals surface area contributed by atoms with Gasteiger partial charge in [-0.05, 0) is 43.5 Å². The molecule has 23 heavy (non-hydrogen) atoms. The van der Waals surface area contributed by atoms with Gasteiger partial charge in [-0.1, -0.05) is 13.8 Å². The van der Waals surface area contributed by atoms with Gasteiger partial charge in [-0.25, -0.2) is 9.59 Å². The Hall–Kier alpha value is -2.28. The normalized spacial score (nSPS) is 13.3. The van der Waals surface area contributed by atoms with Crippen molar-refractivity contribution in [2.45, 2.75) is 32.8 Å². The van der Waals surface area contributed by atoms with Crippen LogP contribution in [0.4, 0.5) is 10.5 Å². The lowest BCUT2D eigenvalue weighted by molar-refractivity contribution is -0.155. The Kier molecular flexibility index (Phi) is 6.84. The van der Waals surface area contributed by atoms with Gasteiger partial charge in [0.2, 0.25) is 0 Å². The molecule has 0 saturated carbocycles. The Morgan fingerprint density at radius 3 is 2.39 bits per heavy atom. The first kappa shape index (κ1) is 18.8. The molecule has 0 aliphatic heterocycles. The largest absolute Gasteiger partial charge is 0.494 e. The van der Waals surface area contributed by atoms with Gasteiger partial charge in [0.1, 0.15) is 5.75 Å². The maximum Gasteiger partial charge on any atom is 0.337 e. The van der Waals surface area contributed by atoms with Crippen molar-refractivity contribution in [3.8, 4) is 5.75 Å². The van der Waals surface area contributed by atoms with Gasteiger partial charge < -0.3 is 25.6 Å². The predicted molar refractivity (Wildman–Crippen MR) is 86.7 cm³/mol. The molecule has 0 bridgehead atoms. The zero-order valence-corrected chi connectivity index (χ0v) is 13.6. The minimum absolute atomic E-state index is 0.398. The van der Waals surface area contributed by atoms with E-state index in [0.717, 1.165) is 13.3 Å². The van der Waals surface area contributed by atoms with Gasteiger partial charge in [0.25, 0.3) is 0 Å². The Morgan fingerprint density at radius 2 is 1.87 bits per heavy atom. The Morgan fingerprint density at radius 1 is 1.26 bits per heavy atom. The van der Waals surface area contributed by atoms with Crippen LogP contribution in [0, 0.1) is 5.92 Å². The van der Waals surface area contributed by atoms with Gasteiger partial charge in [-0.2, -0.15) is 0 Å². The molecular weight excluding hydrogens is 300 g/mol. The molecule has 0 fully saturated rings. The minimum atomic E-state index is -2.01. The number of carbonyl (C=O) groups is 2. The summed E-state index contributed by atoms with van der Waals surface area (Å²) in [6.07, 6.45) is 0.964. The summed E-state index contributed by atoms with van der Waals surface area (Å²) < 4.78 is 5.57. The lowest BCUT2D eigenvalue weighted by atomic mass is 10.1. The number of amides is 2. The summed E-state index contributed by atoms with van der Waals surface area (Å²) in [5.41, 5.74) is -1.47. The third-order valence-electron chi connectivity index (χ3n) is 3.13. The van der Waals surface area contributed by atoms with Gasteiger partial charge in [0.05, 0.1) is 13.2 Å². The van der Waals surface area contributed by atoms with Crippen molar-refractivity contribution >= 4 is 17.7 Å². The lowest BCUT2D eigenvalue weighted by Gasteiger charge is -2.18. The lowest BCUT2D eigenvalue weighted by Crippen LogP contribution is -2.47. The molecule has 1 unspecified atom stereocenters. The Bertz CT molecular complexity index is 526. The molecule has 0 radical (unpaired) electrons. The van der Waals surface area contributed by atoms with Gasteiger partial charge in [0.15, 0.2) is 5.60 Å². The van der Waals surface area contributed by atoms with E-state index < -0.39 is 24.1 Å². The molecular formula is C16H24N2O5. The van der Waals surface area contributed by atoms with Crippen LogP contribution in [0.5, 0.6) is 5.75 Å². The van der Waals surface area contributed by atoms with Crippen LogP contribution in [0.15, 0.2) is 24.3 Å². The average Bonchev–Trinajstić information content (AvgIpc) is 2.46. The van der Waals surface area contributed by atoms with E-state index in [1.165, 1.54) is 0 Å². The van der Waals surface area contributed by atoms with Crippen molar-refractivity contribution < 1.29 is 24.5 Å². The maximum absolute atomic E-state index is 11.7. The van der Waals surface area contributed by atoms with Crippen molar-refractivity contribution in [1.82, 2.24) is 5.32 Å². The molecule has 0 aromatic heterocycles. The van der Waals surface area contributed by atoms with Crippen LogP contribution in [-0.2, 0) is 4.79 Å². The van der Waals surface area contributed by atoms with E-state index in [9.17, 15) is 14.7 Å². The molecule has 0 heterocycles. The quantitative estimate of drug-likeness (QED) is 0.585. The highest BCUT2D eigenvalue weighted by Gasteiger charge is 2.30. The van der Waals surface area contributed by atoms with Crippen molar-refractivity contribution in [3.63, 3.8) is 0 Å². The summed E-state index contributed by atoms with van der Waals surface area (Å²) in [5, 5.41) is 23.1. The summed E-state index contributed by atoms with van der Waals surface area (Å²) in [7, 11) is 0.